The van der Waals surface area contributed by atoms with Gasteiger partial charge in [-0.1, -0.05) is 54.1 Å². The molecule has 1 heterocycles. The molecule has 0 spiro atoms. The lowest BCUT2D eigenvalue weighted by molar-refractivity contribution is -0.136. The van der Waals surface area contributed by atoms with E-state index in [9.17, 15) is 4.79 Å². The molecule has 0 aliphatic heterocycles. The van der Waals surface area contributed by atoms with Crippen LogP contribution in [0, 0.1) is 0 Å². The summed E-state index contributed by atoms with van der Waals surface area (Å²) in [5.41, 5.74) is 2.39. The van der Waals surface area contributed by atoms with Crippen LogP contribution in [0.4, 0.5) is 0 Å². The highest BCUT2D eigenvalue weighted by atomic mass is 35.5. The molecule has 132 valence electrons. The Bertz CT molecular complexity index is 899. The Morgan fingerprint density at radius 2 is 1.88 bits per heavy atom. The second-order valence-corrected chi connectivity index (χ2v) is 6.13. The first-order chi connectivity index (χ1) is 12.7. The topological polar surface area (TPSA) is 44.1 Å². The van der Waals surface area contributed by atoms with Gasteiger partial charge in [-0.15, -0.1) is 0 Å². The summed E-state index contributed by atoms with van der Waals surface area (Å²) in [7, 11) is 0. The van der Waals surface area contributed by atoms with Crippen molar-refractivity contribution in [3.63, 3.8) is 0 Å². The van der Waals surface area contributed by atoms with Crippen LogP contribution in [0.5, 0.6) is 0 Å². The van der Waals surface area contributed by atoms with Gasteiger partial charge in [-0.3, -0.25) is 0 Å². The highest BCUT2D eigenvalue weighted by Gasteiger charge is 2.18. The molecule has 0 bridgehead atoms. The van der Waals surface area contributed by atoms with E-state index in [1.807, 2.05) is 53.2 Å². The maximum atomic E-state index is 12.5. The van der Waals surface area contributed by atoms with Crippen molar-refractivity contribution in [1.82, 2.24) is 9.55 Å². The molecule has 0 N–H and O–H groups in total. The average molecular weight is 367 g/mol. The number of ether oxygens (including phenoxy) is 1. The number of carbonyl (C=O) groups is 1. The summed E-state index contributed by atoms with van der Waals surface area (Å²) >= 11 is 5.95. The van der Waals surface area contributed by atoms with Crippen molar-refractivity contribution in [2.24, 2.45) is 0 Å². The Labute approximate surface area is 157 Å². The number of esters is 1. The molecule has 4 nitrogen and oxygen atoms in total. The fraction of sp³-hybridized carbons (Fsp3) is 0.143. The van der Waals surface area contributed by atoms with Gasteiger partial charge in [0.1, 0.15) is 11.4 Å². The SMILES string of the molecule is CCOC(=O)/C(=C/c1ccc(Cl)cc1)c1nccn1Cc1ccccc1. The van der Waals surface area contributed by atoms with E-state index in [0.29, 0.717) is 29.6 Å². The van der Waals surface area contributed by atoms with Crippen LogP contribution in [0.25, 0.3) is 11.6 Å². The van der Waals surface area contributed by atoms with Crippen molar-refractivity contribution >= 4 is 29.2 Å². The van der Waals surface area contributed by atoms with Gasteiger partial charge in [0.2, 0.25) is 0 Å². The second-order valence-electron chi connectivity index (χ2n) is 5.69. The summed E-state index contributed by atoms with van der Waals surface area (Å²) in [6.07, 6.45) is 5.32. The minimum Gasteiger partial charge on any atom is -0.462 e. The van der Waals surface area contributed by atoms with Crippen LogP contribution in [0.3, 0.4) is 0 Å². The zero-order valence-corrected chi connectivity index (χ0v) is 15.2. The quantitative estimate of drug-likeness (QED) is 0.469. The van der Waals surface area contributed by atoms with Gasteiger partial charge in [0.25, 0.3) is 0 Å². The molecule has 0 saturated carbocycles. The Morgan fingerprint density at radius 1 is 1.15 bits per heavy atom. The van der Waals surface area contributed by atoms with E-state index >= 15 is 0 Å². The van der Waals surface area contributed by atoms with Crippen molar-refractivity contribution in [3.8, 4) is 0 Å². The van der Waals surface area contributed by atoms with Gasteiger partial charge in [0.15, 0.2) is 0 Å². The number of halogens is 1. The zero-order chi connectivity index (χ0) is 18.4. The molecular formula is C21H19ClN2O2. The van der Waals surface area contributed by atoms with Gasteiger partial charge in [0, 0.05) is 24.0 Å². The van der Waals surface area contributed by atoms with Crippen LogP contribution >= 0.6 is 11.6 Å². The molecule has 0 saturated heterocycles. The molecule has 3 aromatic rings. The largest absolute Gasteiger partial charge is 0.462 e. The number of imidazole rings is 1. The summed E-state index contributed by atoms with van der Waals surface area (Å²) in [5.74, 6) is 0.171. The summed E-state index contributed by atoms with van der Waals surface area (Å²) in [6.45, 7) is 2.71. The van der Waals surface area contributed by atoms with Crippen LogP contribution in [0.1, 0.15) is 23.9 Å². The second kappa shape index (κ2) is 8.50. The van der Waals surface area contributed by atoms with E-state index < -0.39 is 5.97 Å². The number of hydrogen-bond acceptors (Lipinski definition) is 3. The van der Waals surface area contributed by atoms with Crippen LogP contribution in [0.2, 0.25) is 5.02 Å². The molecule has 5 heteroatoms. The van der Waals surface area contributed by atoms with Crippen molar-refractivity contribution < 1.29 is 9.53 Å². The van der Waals surface area contributed by atoms with E-state index in [1.54, 1.807) is 31.3 Å². The molecule has 0 fully saturated rings. The summed E-state index contributed by atoms with van der Waals surface area (Å²) in [6, 6.07) is 17.3. The normalized spacial score (nSPS) is 11.4. The maximum absolute atomic E-state index is 12.5. The minimum absolute atomic E-state index is 0.302. The van der Waals surface area contributed by atoms with Gasteiger partial charge < -0.3 is 9.30 Å². The molecule has 0 amide bonds. The molecule has 0 aliphatic rings. The Hall–Kier alpha value is -2.85. The monoisotopic (exact) mass is 366 g/mol. The average Bonchev–Trinajstić information content (AvgIpc) is 3.10. The lowest BCUT2D eigenvalue weighted by Crippen LogP contribution is -2.12. The minimum atomic E-state index is -0.400. The van der Waals surface area contributed by atoms with E-state index in [4.69, 9.17) is 16.3 Å². The van der Waals surface area contributed by atoms with Gasteiger partial charge in [-0.2, -0.15) is 0 Å². The van der Waals surface area contributed by atoms with Crippen LogP contribution in [-0.4, -0.2) is 22.1 Å². The first kappa shape index (κ1) is 18.0. The summed E-state index contributed by atoms with van der Waals surface area (Å²) in [4.78, 5) is 16.9. The number of carbonyl (C=O) groups excluding carboxylic acids is 1. The van der Waals surface area contributed by atoms with Gasteiger partial charge >= 0.3 is 5.97 Å². The Balaban J connectivity index is 1.99. The zero-order valence-electron chi connectivity index (χ0n) is 14.4. The molecule has 26 heavy (non-hydrogen) atoms. The smallest absolute Gasteiger partial charge is 0.341 e. The first-order valence-electron chi connectivity index (χ1n) is 8.37. The number of benzene rings is 2. The van der Waals surface area contributed by atoms with Crippen LogP contribution in [0.15, 0.2) is 67.0 Å². The molecule has 0 aliphatic carbocycles. The fourth-order valence-electron chi connectivity index (χ4n) is 2.61. The number of nitrogens with zero attached hydrogens (tertiary/aromatic N) is 2. The molecule has 0 atom stereocenters. The lowest BCUT2D eigenvalue weighted by atomic mass is 10.1. The highest BCUT2D eigenvalue weighted by molar-refractivity contribution is 6.30. The molecule has 0 radical (unpaired) electrons. The van der Waals surface area contributed by atoms with Crippen molar-refractivity contribution in [2.75, 3.05) is 6.61 Å². The summed E-state index contributed by atoms with van der Waals surface area (Å²) in [5, 5.41) is 0.644. The van der Waals surface area contributed by atoms with Gasteiger partial charge in [-0.25, -0.2) is 9.78 Å². The number of aromatic nitrogens is 2. The van der Waals surface area contributed by atoms with E-state index in [-0.39, 0.29) is 0 Å². The highest BCUT2D eigenvalue weighted by Crippen LogP contribution is 2.21. The third-order valence-electron chi connectivity index (χ3n) is 3.83. The van der Waals surface area contributed by atoms with E-state index in [1.165, 1.54) is 0 Å². The predicted molar refractivity (Wildman–Crippen MR) is 104 cm³/mol. The third kappa shape index (κ3) is 4.41. The van der Waals surface area contributed by atoms with Gasteiger partial charge in [0.05, 0.1) is 6.61 Å². The Morgan fingerprint density at radius 3 is 2.58 bits per heavy atom. The fourth-order valence-corrected chi connectivity index (χ4v) is 2.74. The van der Waals surface area contributed by atoms with E-state index in [2.05, 4.69) is 4.98 Å². The first-order valence-corrected chi connectivity index (χ1v) is 8.75. The lowest BCUT2D eigenvalue weighted by Gasteiger charge is -2.11. The van der Waals surface area contributed by atoms with Crippen molar-refractivity contribution in [2.45, 2.75) is 13.5 Å². The van der Waals surface area contributed by atoms with Crippen LogP contribution in [-0.2, 0) is 16.1 Å². The number of hydrogen-bond donors (Lipinski definition) is 0. The van der Waals surface area contributed by atoms with E-state index in [0.717, 1.165) is 11.1 Å². The molecule has 0 unspecified atom stereocenters. The molecule has 3 rings (SSSR count). The molecular weight excluding hydrogens is 348 g/mol. The predicted octanol–water partition coefficient (Wildman–Crippen LogP) is 4.69. The molecule has 2 aromatic carbocycles. The van der Waals surface area contributed by atoms with Crippen molar-refractivity contribution in [3.05, 3.63) is 89.0 Å². The molecule has 1 aromatic heterocycles. The maximum Gasteiger partial charge on any atom is 0.341 e. The van der Waals surface area contributed by atoms with Crippen molar-refractivity contribution in [1.29, 1.82) is 0 Å². The third-order valence-corrected chi connectivity index (χ3v) is 4.08. The van der Waals surface area contributed by atoms with Crippen LogP contribution < -0.4 is 0 Å². The summed E-state index contributed by atoms with van der Waals surface area (Å²) < 4.78 is 7.18. The van der Waals surface area contributed by atoms with Gasteiger partial charge in [-0.05, 0) is 36.3 Å². The Kier molecular flexibility index (Phi) is 5.87. The number of rotatable bonds is 6. The standard InChI is InChI=1S/C21H19ClN2O2/c1-2-26-21(25)19(14-16-8-10-18(22)11-9-16)20-23-12-13-24(20)15-17-6-4-3-5-7-17/h3-14H,2,15H2,1H3/b19-14+.